The van der Waals surface area contributed by atoms with E-state index < -0.39 is 16.1 Å². The second-order valence-electron chi connectivity index (χ2n) is 9.73. The van der Waals surface area contributed by atoms with Crippen molar-refractivity contribution >= 4 is 43.1 Å². The maximum absolute atomic E-state index is 13.3. The summed E-state index contributed by atoms with van der Waals surface area (Å²) < 4.78 is 5.07. The molecule has 0 saturated carbocycles. The van der Waals surface area contributed by atoms with Crippen molar-refractivity contribution in [2.45, 2.75) is 44.9 Å². The van der Waals surface area contributed by atoms with Crippen LogP contribution in [-0.2, 0) is 11.3 Å². The molecule has 0 aromatic heterocycles. The molecular formula is C25H30O3Si2. The topological polar surface area (TPSA) is 46.5 Å². The fourth-order valence-electron chi connectivity index (χ4n) is 4.59. The van der Waals surface area contributed by atoms with Crippen molar-refractivity contribution in [1.82, 2.24) is 0 Å². The Hall–Kier alpha value is -2.06. The number of fused-ring (bicyclic) bond motifs is 2. The number of ether oxygens (including phenoxy) is 1. The van der Waals surface area contributed by atoms with Crippen LogP contribution in [0.5, 0.6) is 0 Å². The van der Waals surface area contributed by atoms with Crippen molar-refractivity contribution in [2.75, 3.05) is 6.79 Å². The lowest BCUT2D eigenvalue weighted by molar-refractivity contribution is -0.0112. The zero-order chi connectivity index (χ0) is 21.5. The first-order valence-corrected chi connectivity index (χ1v) is 17.0. The van der Waals surface area contributed by atoms with Crippen LogP contribution in [0.4, 0.5) is 0 Å². The van der Waals surface area contributed by atoms with Crippen molar-refractivity contribution in [3.05, 3.63) is 71.3 Å². The molecule has 30 heavy (non-hydrogen) atoms. The van der Waals surface area contributed by atoms with Gasteiger partial charge < -0.3 is 9.84 Å². The van der Waals surface area contributed by atoms with Gasteiger partial charge in [0.25, 0.3) is 0 Å². The van der Waals surface area contributed by atoms with Crippen molar-refractivity contribution in [1.29, 1.82) is 0 Å². The van der Waals surface area contributed by atoms with Crippen LogP contribution in [0.2, 0.25) is 38.3 Å². The van der Waals surface area contributed by atoms with Gasteiger partial charge in [0.05, 0.1) is 22.8 Å². The molecule has 1 aliphatic heterocycles. The number of aliphatic hydroxyl groups excluding tert-OH is 1. The van der Waals surface area contributed by atoms with Crippen LogP contribution in [0.1, 0.15) is 21.5 Å². The standard InChI is InChI=1S/C25H30O3Si2/c1-29(2)11-12-30(3,4)24-15-22(9-10-23(24)29)25(27)21-8-7-19-13-18(16-28-17-26)5-6-20(19)14-21/h5-10,13-15,26H,11-12,16-17H2,1-4H3. The minimum atomic E-state index is -1.49. The van der Waals surface area contributed by atoms with Gasteiger partial charge in [-0.1, -0.05) is 91.1 Å². The highest BCUT2D eigenvalue weighted by molar-refractivity contribution is 7.03. The van der Waals surface area contributed by atoms with Crippen LogP contribution in [0, 0.1) is 0 Å². The molecule has 156 valence electrons. The quantitative estimate of drug-likeness (QED) is 0.368. The Morgan fingerprint density at radius 3 is 2.17 bits per heavy atom. The Bertz CT molecular complexity index is 1120. The van der Waals surface area contributed by atoms with Crippen LogP contribution >= 0.6 is 0 Å². The van der Waals surface area contributed by atoms with Crippen LogP contribution in [0.15, 0.2) is 54.6 Å². The fraction of sp³-hybridized carbons (Fsp3) is 0.320. The summed E-state index contributed by atoms with van der Waals surface area (Å²) in [4.78, 5) is 13.3. The zero-order valence-corrected chi connectivity index (χ0v) is 20.3. The molecule has 0 amide bonds. The van der Waals surface area contributed by atoms with E-state index in [4.69, 9.17) is 9.84 Å². The average Bonchev–Trinajstić information content (AvgIpc) is 2.74. The second kappa shape index (κ2) is 7.89. The molecule has 0 unspecified atom stereocenters. The fourth-order valence-corrected chi connectivity index (χ4v) is 14.8. The Morgan fingerprint density at radius 2 is 1.43 bits per heavy atom. The van der Waals surface area contributed by atoms with E-state index in [2.05, 4.69) is 38.3 Å². The Kier molecular flexibility index (Phi) is 5.57. The first-order valence-electron chi connectivity index (χ1n) is 10.6. The van der Waals surface area contributed by atoms with Gasteiger partial charge in [-0.2, -0.15) is 0 Å². The predicted molar refractivity (Wildman–Crippen MR) is 130 cm³/mol. The number of carbonyl (C=O) groups excluding carboxylic acids is 1. The van der Waals surface area contributed by atoms with Gasteiger partial charge in [0.2, 0.25) is 0 Å². The SMILES string of the molecule is C[Si]1(C)CC[Si](C)(C)c2cc(C(=O)c3ccc4cc(COCO)ccc4c3)ccc21. The first-order chi connectivity index (χ1) is 14.2. The molecule has 1 heterocycles. The molecule has 1 N–H and O–H groups in total. The Labute approximate surface area is 180 Å². The number of ketones is 1. The molecule has 0 saturated heterocycles. The van der Waals surface area contributed by atoms with Crippen LogP contribution in [0.3, 0.4) is 0 Å². The van der Waals surface area contributed by atoms with Gasteiger partial charge >= 0.3 is 0 Å². The maximum atomic E-state index is 13.3. The number of hydrogen-bond acceptors (Lipinski definition) is 3. The summed E-state index contributed by atoms with van der Waals surface area (Å²) in [5.41, 5.74) is 2.55. The predicted octanol–water partition coefficient (Wildman–Crippen LogP) is 4.38. The van der Waals surface area contributed by atoms with E-state index in [0.717, 1.165) is 27.5 Å². The molecule has 0 aliphatic carbocycles. The van der Waals surface area contributed by atoms with Gasteiger partial charge in [-0.15, -0.1) is 0 Å². The molecule has 3 nitrogen and oxygen atoms in total. The Balaban J connectivity index is 1.68. The Morgan fingerprint density at radius 1 is 0.833 bits per heavy atom. The number of carbonyl (C=O) groups is 1. The molecule has 0 radical (unpaired) electrons. The lowest BCUT2D eigenvalue weighted by Gasteiger charge is -2.39. The van der Waals surface area contributed by atoms with Gasteiger partial charge in [-0.3, -0.25) is 4.79 Å². The molecule has 3 aromatic carbocycles. The normalized spacial score (nSPS) is 17.0. The smallest absolute Gasteiger partial charge is 0.193 e. The summed E-state index contributed by atoms with van der Waals surface area (Å²) in [6, 6.07) is 21.1. The number of aliphatic hydroxyl groups is 1. The molecule has 1 aliphatic rings. The highest BCUT2D eigenvalue weighted by Crippen LogP contribution is 2.27. The molecule has 0 fully saturated rings. The minimum Gasteiger partial charge on any atom is -0.371 e. The number of hydrogen-bond donors (Lipinski definition) is 1. The van der Waals surface area contributed by atoms with E-state index in [1.807, 2.05) is 42.5 Å². The maximum Gasteiger partial charge on any atom is 0.193 e. The molecule has 4 rings (SSSR count). The third kappa shape index (κ3) is 3.95. The summed E-state index contributed by atoms with van der Waals surface area (Å²) in [7, 11) is -2.88. The number of benzene rings is 3. The van der Waals surface area contributed by atoms with E-state index in [-0.39, 0.29) is 12.6 Å². The van der Waals surface area contributed by atoms with E-state index in [1.54, 1.807) is 5.19 Å². The molecule has 0 bridgehead atoms. The summed E-state index contributed by atoms with van der Waals surface area (Å²) >= 11 is 0. The van der Waals surface area contributed by atoms with Crippen molar-refractivity contribution in [2.24, 2.45) is 0 Å². The average molecular weight is 435 g/mol. The lowest BCUT2D eigenvalue weighted by atomic mass is 9.99. The summed E-state index contributed by atoms with van der Waals surface area (Å²) in [6.45, 7) is 9.89. The van der Waals surface area contributed by atoms with Gasteiger partial charge in [0.1, 0.15) is 6.79 Å². The van der Waals surface area contributed by atoms with E-state index in [0.29, 0.717) is 6.61 Å². The van der Waals surface area contributed by atoms with Crippen molar-refractivity contribution < 1.29 is 14.6 Å². The van der Waals surface area contributed by atoms with Crippen LogP contribution < -0.4 is 10.4 Å². The molecule has 0 atom stereocenters. The number of rotatable bonds is 5. The second-order valence-corrected chi connectivity index (χ2v) is 19.3. The monoisotopic (exact) mass is 434 g/mol. The zero-order valence-electron chi connectivity index (χ0n) is 18.3. The van der Waals surface area contributed by atoms with Gasteiger partial charge in [0, 0.05) is 11.1 Å². The molecule has 5 heteroatoms. The van der Waals surface area contributed by atoms with Crippen molar-refractivity contribution in [3.8, 4) is 0 Å². The van der Waals surface area contributed by atoms with Gasteiger partial charge in [0.15, 0.2) is 5.78 Å². The molecule has 0 spiro atoms. The van der Waals surface area contributed by atoms with E-state index >= 15 is 0 Å². The highest BCUT2D eigenvalue weighted by Gasteiger charge is 2.39. The van der Waals surface area contributed by atoms with Crippen LogP contribution in [0.25, 0.3) is 10.8 Å². The van der Waals surface area contributed by atoms with Crippen LogP contribution in [-0.4, -0.2) is 33.8 Å². The van der Waals surface area contributed by atoms with E-state index in [1.165, 1.54) is 17.3 Å². The summed E-state index contributed by atoms with van der Waals surface area (Å²) in [5.74, 6) is 0.0993. The van der Waals surface area contributed by atoms with E-state index in [9.17, 15) is 4.79 Å². The van der Waals surface area contributed by atoms with Gasteiger partial charge in [-0.25, -0.2) is 0 Å². The third-order valence-corrected chi connectivity index (χ3v) is 14.2. The third-order valence-electron chi connectivity index (χ3n) is 6.64. The highest BCUT2D eigenvalue weighted by atomic mass is 28.3. The summed E-state index contributed by atoms with van der Waals surface area (Å²) in [6.07, 6.45) is 0. The van der Waals surface area contributed by atoms with Gasteiger partial charge in [-0.05, 0) is 28.5 Å². The first kappa shape index (κ1) is 21.2. The molecule has 3 aromatic rings. The summed E-state index contributed by atoms with van der Waals surface area (Å²) in [5, 5.41) is 14.0. The minimum absolute atomic E-state index is 0.0993. The van der Waals surface area contributed by atoms with Crippen molar-refractivity contribution in [3.63, 3.8) is 0 Å². The molecular weight excluding hydrogens is 404 g/mol. The lowest BCUT2D eigenvalue weighted by Crippen LogP contribution is -2.63. The largest absolute Gasteiger partial charge is 0.371 e.